The molecule has 4 rings (SSSR count). The maximum absolute atomic E-state index is 11.7. The topological polar surface area (TPSA) is 78.2 Å². The number of hydrogen-bond acceptors (Lipinski definition) is 5. The van der Waals surface area contributed by atoms with Crippen LogP contribution in [-0.4, -0.2) is 36.7 Å². The Morgan fingerprint density at radius 3 is 2.88 bits per heavy atom. The summed E-state index contributed by atoms with van der Waals surface area (Å²) in [5, 5.41) is 12.0. The Hall–Kier alpha value is -2.13. The van der Waals surface area contributed by atoms with E-state index in [0.29, 0.717) is 18.7 Å². The first-order valence-electron chi connectivity index (χ1n) is 8.67. The second-order valence-electron chi connectivity index (χ2n) is 7.20. The van der Waals surface area contributed by atoms with Crippen molar-refractivity contribution in [2.45, 2.75) is 45.3 Å². The number of piperidine rings is 1. The molecule has 3 aliphatic rings. The number of fused-ring (bicyclic) bond motifs is 1. The molecule has 1 N–H and O–H groups in total. The molecule has 3 heterocycles. The van der Waals surface area contributed by atoms with Crippen molar-refractivity contribution in [1.29, 1.82) is 5.26 Å². The summed E-state index contributed by atoms with van der Waals surface area (Å²) in [7, 11) is 0. The molecule has 0 aromatic carbocycles. The lowest BCUT2D eigenvalue weighted by Crippen LogP contribution is -2.38. The number of anilines is 1. The van der Waals surface area contributed by atoms with E-state index in [1.54, 1.807) is 0 Å². The maximum atomic E-state index is 11.7. The van der Waals surface area contributed by atoms with E-state index in [0.717, 1.165) is 55.8 Å². The van der Waals surface area contributed by atoms with Gasteiger partial charge in [0.25, 0.3) is 5.91 Å². The second-order valence-corrected chi connectivity index (χ2v) is 7.20. The second kappa shape index (κ2) is 5.75. The van der Waals surface area contributed by atoms with Crippen molar-refractivity contribution < 1.29 is 9.53 Å². The smallest absolute Gasteiger partial charge is 0.253 e. The molecule has 6 nitrogen and oxygen atoms in total. The Kier molecular flexibility index (Phi) is 3.69. The van der Waals surface area contributed by atoms with Crippen molar-refractivity contribution in [3.05, 3.63) is 22.9 Å². The lowest BCUT2D eigenvalue weighted by molar-refractivity contribution is 0.0195. The van der Waals surface area contributed by atoms with Gasteiger partial charge in [0, 0.05) is 13.1 Å². The number of nitriles is 1. The van der Waals surface area contributed by atoms with Gasteiger partial charge in [-0.1, -0.05) is 0 Å². The van der Waals surface area contributed by atoms with Crippen LogP contribution in [0.25, 0.3) is 0 Å². The van der Waals surface area contributed by atoms with Gasteiger partial charge in [0.05, 0.1) is 42.0 Å². The molecule has 2 aliphatic heterocycles. The quantitative estimate of drug-likeness (QED) is 0.914. The summed E-state index contributed by atoms with van der Waals surface area (Å²) < 4.78 is 5.98. The summed E-state index contributed by atoms with van der Waals surface area (Å²) in [6, 6.07) is 4.33. The average Bonchev–Trinajstić information content (AvgIpc) is 3.31. The van der Waals surface area contributed by atoms with Gasteiger partial charge < -0.3 is 15.0 Å². The summed E-state index contributed by atoms with van der Waals surface area (Å²) in [5.74, 6) is 0.963. The lowest BCUT2D eigenvalue weighted by Gasteiger charge is -2.34. The van der Waals surface area contributed by atoms with Gasteiger partial charge in [-0.15, -0.1) is 0 Å². The fraction of sp³-hybridized carbons (Fsp3) is 0.611. The van der Waals surface area contributed by atoms with E-state index in [2.05, 4.69) is 16.3 Å². The number of ether oxygens (including phenoxy) is 1. The molecule has 0 bridgehead atoms. The van der Waals surface area contributed by atoms with Crippen molar-refractivity contribution in [3.63, 3.8) is 0 Å². The van der Waals surface area contributed by atoms with Crippen LogP contribution in [-0.2, 0) is 11.3 Å². The summed E-state index contributed by atoms with van der Waals surface area (Å²) in [4.78, 5) is 18.7. The predicted octanol–water partition coefficient (Wildman–Crippen LogP) is 1.92. The van der Waals surface area contributed by atoms with Crippen LogP contribution < -0.4 is 10.2 Å². The van der Waals surface area contributed by atoms with Crippen LogP contribution >= 0.6 is 0 Å². The standard InChI is InChI=1S/C18H22N4O2/c1-12-8-14-15(9-20-17(14)23)21-16(12)22-6-2-13(3-7-22)24-11-18(10-19)4-5-18/h8,13H,2-7,9,11H2,1H3,(H,20,23). The number of aromatic nitrogens is 1. The molecule has 0 spiro atoms. The third-order valence-corrected chi connectivity index (χ3v) is 5.35. The van der Waals surface area contributed by atoms with E-state index >= 15 is 0 Å². The average molecular weight is 326 g/mol. The third kappa shape index (κ3) is 2.73. The minimum atomic E-state index is -0.186. The molecular weight excluding hydrogens is 304 g/mol. The van der Waals surface area contributed by atoms with Gasteiger partial charge >= 0.3 is 0 Å². The molecule has 0 atom stereocenters. The molecule has 1 amide bonds. The number of nitrogens with zero attached hydrogens (tertiary/aromatic N) is 3. The van der Waals surface area contributed by atoms with Gasteiger partial charge in [-0.3, -0.25) is 4.79 Å². The minimum absolute atomic E-state index is 0.0224. The van der Waals surface area contributed by atoms with Gasteiger partial charge in [0.2, 0.25) is 0 Å². The van der Waals surface area contributed by atoms with Crippen molar-refractivity contribution >= 4 is 11.7 Å². The Balaban J connectivity index is 1.38. The molecule has 0 unspecified atom stereocenters. The predicted molar refractivity (Wildman–Crippen MR) is 88.6 cm³/mol. The number of rotatable bonds is 4. The zero-order valence-electron chi connectivity index (χ0n) is 14.0. The zero-order chi connectivity index (χ0) is 16.7. The number of hydrogen-bond donors (Lipinski definition) is 1. The molecule has 0 radical (unpaired) electrons. The first kappa shape index (κ1) is 15.4. The van der Waals surface area contributed by atoms with Crippen LogP contribution in [0.2, 0.25) is 0 Å². The van der Waals surface area contributed by atoms with Crippen LogP contribution in [0.4, 0.5) is 5.82 Å². The molecular formula is C18H22N4O2. The SMILES string of the molecule is Cc1cc2c(nc1N1CCC(OCC3(C#N)CC3)CC1)CNC2=O. The molecule has 1 saturated carbocycles. The van der Waals surface area contributed by atoms with Gasteiger partial charge in [-0.05, 0) is 44.2 Å². The van der Waals surface area contributed by atoms with E-state index in [4.69, 9.17) is 15.0 Å². The highest BCUT2D eigenvalue weighted by Gasteiger charge is 2.44. The summed E-state index contributed by atoms with van der Waals surface area (Å²) >= 11 is 0. The monoisotopic (exact) mass is 326 g/mol. The Morgan fingerprint density at radius 1 is 1.46 bits per heavy atom. The van der Waals surface area contributed by atoms with Crippen LogP contribution in [0.3, 0.4) is 0 Å². The zero-order valence-corrected chi connectivity index (χ0v) is 14.0. The van der Waals surface area contributed by atoms with Crippen molar-refractivity contribution in [1.82, 2.24) is 10.3 Å². The molecule has 6 heteroatoms. The van der Waals surface area contributed by atoms with E-state index in [1.165, 1.54) is 0 Å². The van der Waals surface area contributed by atoms with Crippen molar-refractivity contribution in [2.24, 2.45) is 5.41 Å². The first-order valence-corrected chi connectivity index (χ1v) is 8.67. The fourth-order valence-corrected chi connectivity index (χ4v) is 3.50. The summed E-state index contributed by atoms with van der Waals surface area (Å²) in [6.07, 6.45) is 4.11. The molecule has 1 aliphatic carbocycles. The van der Waals surface area contributed by atoms with E-state index < -0.39 is 0 Å². The van der Waals surface area contributed by atoms with Gasteiger partial charge in [0.15, 0.2) is 0 Å². The maximum Gasteiger partial charge on any atom is 0.253 e. The largest absolute Gasteiger partial charge is 0.376 e. The Labute approximate surface area is 141 Å². The molecule has 24 heavy (non-hydrogen) atoms. The van der Waals surface area contributed by atoms with Crippen molar-refractivity contribution in [2.75, 3.05) is 24.6 Å². The van der Waals surface area contributed by atoms with Gasteiger partial charge in [0.1, 0.15) is 5.82 Å². The van der Waals surface area contributed by atoms with Crippen molar-refractivity contribution in [3.8, 4) is 6.07 Å². The highest BCUT2D eigenvalue weighted by Crippen LogP contribution is 2.45. The first-order chi connectivity index (χ1) is 11.6. The Bertz CT molecular complexity index is 712. The normalized spacial score (nSPS) is 22.0. The summed E-state index contributed by atoms with van der Waals surface area (Å²) in [6.45, 7) is 4.92. The number of carbonyl (C=O) groups excluding carboxylic acids is 1. The van der Waals surface area contributed by atoms with E-state index in [9.17, 15) is 4.79 Å². The van der Waals surface area contributed by atoms with Crippen LogP contribution in [0.15, 0.2) is 6.07 Å². The molecule has 1 aromatic rings. The summed E-state index contributed by atoms with van der Waals surface area (Å²) in [5.41, 5.74) is 2.42. The number of pyridine rings is 1. The van der Waals surface area contributed by atoms with E-state index in [1.807, 2.05) is 13.0 Å². The highest BCUT2D eigenvalue weighted by atomic mass is 16.5. The van der Waals surface area contributed by atoms with Crippen LogP contribution in [0.5, 0.6) is 0 Å². The van der Waals surface area contributed by atoms with Gasteiger partial charge in [-0.2, -0.15) is 5.26 Å². The number of nitrogens with one attached hydrogen (secondary N) is 1. The van der Waals surface area contributed by atoms with E-state index in [-0.39, 0.29) is 17.4 Å². The number of amides is 1. The molecule has 126 valence electrons. The number of carbonyl (C=O) groups is 1. The fourth-order valence-electron chi connectivity index (χ4n) is 3.50. The third-order valence-electron chi connectivity index (χ3n) is 5.35. The molecule has 1 saturated heterocycles. The van der Waals surface area contributed by atoms with Crippen LogP contribution in [0, 0.1) is 23.7 Å². The highest BCUT2D eigenvalue weighted by molar-refractivity contribution is 5.98. The van der Waals surface area contributed by atoms with Crippen LogP contribution in [0.1, 0.15) is 47.3 Å². The number of aryl methyl sites for hydroxylation is 1. The minimum Gasteiger partial charge on any atom is -0.376 e. The Morgan fingerprint density at radius 2 is 2.21 bits per heavy atom. The molecule has 2 fully saturated rings. The van der Waals surface area contributed by atoms with Gasteiger partial charge in [-0.25, -0.2) is 4.98 Å². The lowest BCUT2D eigenvalue weighted by atomic mass is 10.1. The molecule has 1 aromatic heterocycles.